The SMILES string of the molecule is CCC(C(=O)NC1CC(C)(C)Oc2ccccc21)N(c1cc(C)ccc1C)S(C)(=O)=O. The van der Waals surface area contributed by atoms with Crippen LogP contribution in [0.15, 0.2) is 42.5 Å². The molecule has 2 atom stereocenters. The van der Waals surface area contributed by atoms with Crippen LogP contribution in [-0.4, -0.2) is 32.2 Å². The molecule has 168 valence electrons. The summed E-state index contributed by atoms with van der Waals surface area (Å²) in [5.41, 5.74) is 2.74. The molecule has 0 saturated carbocycles. The quantitative estimate of drug-likeness (QED) is 0.722. The van der Waals surface area contributed by atoms with Gasteiger partial charge >= 0.3 is 0 Å². The molecule has 2 unspecified atom stereocenters. The highest BCUT2D eigenvalue weighted by Gasteiger charge is 2.38. The average molecular weight is 445 g/mol. The molecule has 7 heteroatoms. The monoisotopic (exact) mass is 444 g/mol. The van der Waals surface area contributed by atoms with Crippen molar-refractivity contribution in [2.45, 2.75) is 65.1 Å². The van der Waals surface area contributed by atoms with Crippen molar-refractivity contribution in [3.63, 3.8) is 0 Å². The summed E-state index contributed by atoms with van der Waals surface area (Å²) in [5, 5.41) is 3.11. The zero-order chi connectivity index (χ0) is 23.0. The van der Waals surface area contributed by atoms with Gasteiger partial charge in [-0.15, -0.1) is 0 Å². The van der Waals surface area contributed by atoms with Crippen LogP contribution in [-0.2, 0) is 14.8 Å². The van der Waals surface area contributed by atoms with Gasteiger partial charge in [-0.3, -0.25) is 9.10 Å². The lowest BCUT2D eigenvalue weighted by Crippen LogP contribution is -2.51. The minimum atomic E-state index is -3.69. The van der Waals surface area contributed by atoms with Gasteiger partial charge in [0.05, 0.1) is 18.0 Å². The van der Waals surface area contributed by atoms with Gasteiger partial charge in [0.15, 0.2) is 0 Å². The van der Waals surface area contributed by atoms with Crippen LogP contribution in [0.2, 0.25) is 0 Å². The Morgan fingerprint density at radius 3 is 2.55 bits per heavy atom. The number of amides is 1. The number of aryl methyl sites for hydroxylation is 2. The zero-order valence-corrected chi connectivity index (χ0v) is 19.9. The summed E-state index contributed by atoms with van der Waals surface area (Å²) >= 11 is 0. The van der Waals surface area contributed by atoms with E-state index >= 15 is 0 Å². The van der Waals surface area contributed by atoms with E-state index in [0.29, 0.717) is 18.5 Å². The van der Waals surface area contributed by atoms with Crippen LogP contribution in [0.4, 0.5) is 5.69 Å². The molecular weight excluding hydrogens is 412 g/mol. The average Bonchev–Trinajstić information content (AvgIpc) is 2.66. The third kappa shape index (κ3) is 5.03. The number of ether oxygens (including phenoxy) is 1. The molecule has 0 radical (unpaired) electrons. The Morgan fingerprint density at radius 2 is 1.90 bits per heavy atom. The number of carbonyl (C=O) groups is 1. The van der Waals surface area contributed by atoms with Gasteiger partial charge < -0.3 is 10.1 Å². The van der Waals surface area contributed by atoms with E-state index in [1.807, 2.05) is 77.1 Å². The van der Waals surface area contributed by atoms with Crippen molar-refractivity contribution < 1.29 is 17.9 Å². The van der Waals surface area contributed by atoms with E-state index in [1.54, 1.807) is 0 Å². The molecule has 1 heterocycles. The normalized spacial score (nSPS) is 18.5. The molecule has 0 fully saturated rings. The van der Waals surface area contributed by atoms with Gasteiger partial charge in [0.1, 0.15) is 17.4 Å². The maximum Gasteiger partial charge on any atom is 0.244 e. The number of rotatable bonds is 6. The molecule has 1 amide bonds. The minimum Gasteiger partial charge on any atom is -0.487 e. The molecule has 1 aliphatic rings. The maximum absolute atomic E-state index is 13.5. The van der Waals surface area contributed by atoms with E-state index in [4.69, 9.17) is 4.74 Å². The minimum absolute atomic E-state index is 0.262. The van der Waals surface area contributed by atoms with Crippen LogP contribution in [0.3, 0.4) is 0 Å². The fourth-order valence-corrected chi connectivity index (χ4v) is 5.45. The summed E-state index contributed by atoms with van der Waals surface area (Å²) in [6, 6.07) is 12.2. The van der Waals surface area contributed by atoms with Crippen LogP contribution in [0.5, 0.6) is 5.75 Å². The van der Waals surface area contributed by atoms with E-state index in [1.165, 1.54) is 4.31 Å². The number of nitrogens with one attached hydrogen (secondary N) is 1. The summed E-state index contributed by atoms with van der Waals surface area (Å²) in [5.74, 6) is 0.429. The van der Waals surface area contributed by atoms with E-state index in [2.05, 4.69) is 5.32 Å². The first kappa shape index (κ1) is 23.1. The number of carbonyl (C=O) groups excluding carboxylic acids is 1. The maximum atomic E-state index is 13.5. The number of anilines is 1. The molecule has 0 aromatic heterocycles. The lowest BCUT2D eigenvalue weighted by atomic mass is 9.89. The van der Waals surface area contributed by atoms with Crippen LogP contribution < -0.4 is 14.4 Å². The first-order valence-electron chi connectivity index (χ1n) is 10.6. The summed E-state index contributed by atoms with van der Waals surface area (Å²) in [6.45, 7) is 9.56. The van der Waals surface area contributed by atoms with Crippen molar-refractivity contribution >= 4 is 21.6 Å². The molecule has 31 heavy (non-hydrogen) atoms. The molecule has 0 aliphatic carbocycles. The zero-order valence-electron chi connectivity index (χ0n) is 19.1. The van der Waals surface area contributed by atoms with Gasteiger partial charge in [0.2, 0.25) is 15.9 Å². The van der Waals surface area contributed by atoms with Crippen LogP contribution in [0.1, 0.15) is 56.3 Å². The van der Waals surface area contributed by atoms with Crippen molar-refractivity contribution in [1.29, 1.82) is 0 Å². The Labute approximate surface area is 185 Å². The van der Waals surface area contributed by atoms with Gasteiger partial charge in [0.25, 0.3) is 0 Å². The fraction of sp³-hybridized carbons (Fsp3) is 0.458. The van der Waals surface area contributed by atoms with Gasteiger partial charge in [-0.05, 0) is 57.4 Å². The number of para-hydroxylation sites is 1. The first-order valence-corrected chi connectivity index (χ1v) is 12.4. The summed E-state index contributed by atoms with van der Waals surface area (Å²) in [7, 11) is -3.69. The van der Waals surface area contributed by atoms with Crippen molar-refractivity contribution in [2.75, 3.05) is 10.6 Å². The van der Waals surface area contributed by atoms with Gasteiger partial charge in [-0.1, -0.05) is 37.3 Å². The third-order valence-corrected chi connectivity index (χ3v) is 6.79. The molecule has 1 N–H and O–H groups in total. The summed E-state index contributed by atoms with van der Waals surface area (Å²) in [6.07, 6.45) is 2.09. The van der Waals surface area contributed by atoms with Crippen molar-refractivity contribution in [2.24, 2.45) is 0 Å². The van der Waals surface area contributed by atoms with E-state index in [9.17, 15) is 13.2 Å². The van der Waals surface area contributed by atoms with Crippen LogP contribution in [0.25, 0.3) is 0 Å². The number of fused-ring (bicyclic) bond motifs is 1. The molecule has 2 aromatic carbocycles. The number of hydrogen-bond donors (Lipinski definition) is 1. The molecule has 0 bridgehead atoms. The Hall–Kier alpha value is -2.54. The van der Waals surface area contributed by atoms with Crippen molar-refractivity contribution in [3.05, 3.63) is 59.2 Å². The second kappa shape index (κ2) is 8.54. The largest absolute Gasteiger partial charge is 0.487 e. The highest BCUT2D eigenvalue weighted by molar-refractivity contribution is 7.92. The van der Waals surface area contributed by atoms with E-state index < -0.39 is 21.7 Å². The number of hydrogen-bond acceptors (Lipinski definition) is 4. The Morgan fingerprint density at radius 1 is 1.23 bits per heavy atom. The Balaban J connectivity index is 1.97. The van der Waals surface area contributed by atoms with E-state index in [-0.39, 0.29) is 11.9 Å². The number of benzene rings is 2. The molecule has 6 nitrogen and oxygen atoms in total. The standard InChI is InChI=1S/C24H32N2O4S/c1-7-20(26(31(6,28)29)21-14-16(2)12-13-17(21)3)23(27)25-19-15-24(4,5)30-22-11-9-8-10-18(19)22/h8-14,19-20H,7,15H2,1-6H3,(H,25,27). The second-order valence-electron chi connectivity index (χ2n) is 8.94. The molecular formula is C24H32N2O4S. The lowest BCUT2D eigenvalue weighted by Gasteiger charge is -2.39. The molecule has 3 rings (SSSR count). The van der Waals surface area contributed by atoms with E-state index in [0.717, 1.165) is 28.7 Å². The second-order valence-corrected chi connectivity index (χ2v) is 10.8. The third-order valence-electron chi connectivity index (χ3n) is 5.62. The topological polar surface area (TPSA) is 75.7 Å². The van der Waals surface area contributed by atoms with Gasteiger partial charge in [-0.25, -0.2) is 8.42 Å². The number of nitrogens with zero attached hydrogens (tertiary/aromatic N) is 1. The number of sulfonamides is 1. The Bertz CT molecular complexity index is 1080. The van der Waals surface area contributed by atoms with Gasteiger partial charge in [-0.2, -0.15) is 0 Å². The van der Waals surface area contributed by atoms with Crippen LogP contribution >= 0.6 is 0 Å². The predicted octanol–water partition coefficient (Wildman–Crippen LogP) is 4.27. The summed E-state index contributed by atoms with van der Waals surface area (Å²) < 4.78 is 33.0. The van der Waals surface area contributed by atoms with Crippen molar-refractivity contribution in [3.8, 4) is 5.75 Å². The highest BCUT2D eigenvalue weighted by atomic mass is 32.2. The summed E-state index contributed by atoms with van der Waals surface area (Å²) in [4.78, 5) is 13.5. The predicted molar refractivity (Wildman–Crippen MR) is 124 cm³/mol. The lowest BCUT2D eigenvalue weighted by molar-refractivity contribution is -0.123. The molecule has 0 saturated heterocycles. The highest BCUT2D eigenvalue weighted by Crippen LogP contribution is 2.39. The Kier molecular flexibility index (Phi) is 6.37. The molecule has 1 aliphatic heterocycles. The van der Waals surface area contributed by atoms with Crippen LogP contribution in [0, 0.1) is 13.8 Å². The fourth-order valence-electron chi connectivity index (χ4n) is 4.19. The molecule has 0 spiro atoms. The van der Waals surface area contributed by atoms with Crippen molar-refractivity contribution in [1.82, 2.24) is 5.32 Å². The molecule has 2 aromatic rings. The smallest absolute Gasteiger partial charge is 0.244 e. The van der Waals surface area contributed by atoms with Gasteiger partial charge in [0, 0.05) is 12.0 Å². The first-order chi connectivity index (χ1) is 14.4.